The van der Waals surface area contributed by atoms with E-state index >= 15 is 0 Å². The number of aromatic nitrogens is 1. The average molecular weight is 359 g/mol. The van der Waals surface area contributed by atoms with Gasteiger partial charge >= 0.3 is 12.2 Å². The number of primary amides is 1. The molecule has 1 aliphatic heterocycles. The predicted octanol–water partition coefficient (Wildman–Crippen LogP) is 1.20. The molecule has 1 saturated heterocycles. The van der Waals surface area contributed by atoms with Gasteiger partial charge in [0.2, 0.25) is 5.91 Å². The molecular weight excluding hydrogens is 339 g/mol. The highest BCUT2D eigenvalue weighted by Gasteiger charge is 2.31. The fraction of sp³-hybridized carbons (Fsp3) is 0.533. The van der Waals surface area contributed by atoms with Crippen molar-refractivity contribution in [1.82, 2.24) is 15.2 Å². The van der Waals surface area contributed by atoms with E-state index in [1.807, 2.05) is 15.1 Å². The molecule has 1 aromatic heterocycles. The lowest BCUT2D eigenvalue weighted by Gasteiger charge is -2.26. The summed E-state index contributed by atoms with van der Waals surface area (Å²) in [4.78, 5) is 30.3. The maximum atomic E-state index is 12.6. The summed E-state index contributed by atoms with van der Waals surface area (Å²) in [5.41, 5.74) is 4.16. The molecule has 0 radical (unpaired) electrons. The highest BCUT2D eigenvalue weighted by Crippen LogP contribution is 2.29. The number of urea groups is 1. The maximum absolute atomic E-state index is 12.6. The average Bonchev–Trinajstić information content (AvgIpc) is 2.79. The summed E-state index contributed by atoms with van der Waals surface area (Å²) in [6.45, 7) is 3.91. The molecule has 10 heteroatoms. The Balaban J connectivity index is 1.99. The fourth-order valence-electron chi connectivity index (χ4n) is 2.69. The van der Waals surface area contributed by atoms with Gasteiger partial charge in [0.05, 0.1) is 11.6 Å². The first-order chi connectivity index (χ1) is 11.7. The number of hydrogen-bond donors (Lipinski definition) is 2. The van der Waals surface area contributed by atoms with E-state index in [1.54, 1.807) is 6.92 Å². The number of halogens is 3. The molecule has 3 N–H and O–H groups in total. The predicted molar refractivity (Wildman–Crippen MR) is 84.8 cm³/mol. The van der Waals surface area contributed by atoms with Crippen molar-refractivity contribution in [3.63, 3.8) is 0 Å². The van der Waals surface area contributed by atoms with Crippen LogP contribution in [0, 0.1) is 0 Å². The Kier molecular flexibility index (Phi) is 5.83. The van der Waals surface area contributed by atoms with Crippen LogP contribution in [0.1, 0.15) is 18.9 Å². The minimum absolute atomic E-state index is 0.462. The van der Waals surface area contributed by atoms with Gasteiger partial charge in [0.25, 0.3) is 0 Å². The monoisotopic (exact) mass is 359 g/mol. The van der Waals surface area contributed by atoms with E-state index in [9.17, 15) is 22.8 Å². The summed E-state index contributed by atoms with van der Waals surface area (Å²) < 4.78 is 37.8. The van der Waals surface area contributed by atoms with E-state index in [0.29, 0.717) is 38.4 Å². The molecule has 2 heterocycles. The van der Waals surface area contributed by atoms with Gasteiger partial charge < -0.3 is 10.6 Å². The number of carbonyl (C=O) groups is 2. The van der Waals surface area contributed by atoms with Crippen LogP contribution in [0.4, 0.5) is 23.8 Å². The van der Waals surface area contributed by atoms with Gasteiger partial charge in [-0.05, 0) is 25.5 Å². The third-order valence-corrected chi connectivity index (χ3v) is 4.10. The number of imide groups is 1. The number of anilines is 1. The van der Waals surface area contributed by atoms with Gasteiger partial charge in [0.15, 0.2) is 0 Å². The first-order valence-electron chi connectivity index (χ1n) is 7.81. The second kappa shape index (κ2) is 7.68. The van der Waals surface area contributed by atoms with Crippen LogP contribution in [0.25, 0.3) is 0 Å². The Bertz CT molecular complexity index is 621. The van der Waals surface area contributed by atoms with E-state index < -0.39 is 29.7 Å². The quantitative estimate of drug-likeness (QED) is 0.846. The molecule has 0 saturated carbocycles. The molecule has 1 aromatic rings. The van der Waals surface area contributed by atoms with Gasteiger partial charge in [-0.1, -0.05) is 0 Å². The summed E-state index contributed by atoms with van der Waals surface area (Å²) in [6.07, 6.45) is -2.89. The number of hydrogen-bond acceptors (Lipinski definition) is 5. The Hall–Kier alpha value is -2.36. The van der Waals surface area contributed by atoms with Crippen molar-refractivity contribution in [2.24, 2.45) is 5.73 Å². The van der Waals surface area contributed by atoms with Crippen LogP contribution in [0.2, 0.25) is 0 Å². The van der Waals surface area contributed by atoms with Crippen LogP contribution >= 0.6 is 0 Å². The highest BCUT2D eigenvalue weighted by molar-refractivity contribution is 5.96. The second-order valence-corrected chi connectivity index (χ2v) is 5.81. The molecule has 0 spiro atoms. The molecule has 0 aliphatic carbocycles. The topological polar surface area (TPSA) is 91.6 Å². The summed E-state index contributed by atoms with van der Waals surface area (Å²) in [5, 5.41) is 2.05. The lowest BCUT2D eigenvalue weighted by atomic mass is 10.2. The van der Waals surface area contributed by atoms with Gasteiger partial charge in [-0.15, -0.1) is 0 Å². The second-order valence-electron chi connectivity index (χ2n) is 5.81. The SMILES string of the molecule is CC(C(=O)NC(N)=O)N1CCCN(c2ccc(C(F)(F)F)cn2)CC1. The number of pyridine rings is 1. The Morgan fingerprint density at radius 3 is 2.52 bits per heavy atom. The van der Waals surface area contributed by atoms with Gasteiger partial charge in [0.1, 0.15) is 5.82 Å². The third-order valence-electron chi connectivity index (χ3n) is 4.10. The summed E-state index contributed by atoms with van der Waals surface area (Å²) in [7, 11) is 0. The Labute approximate surface area is 143 Å². The van der Waals surface area contributed by atoms with Crippen molar-refractivity contribution in [3.8, 4) is 0 Å². The van der Waals surface area contributed by atoms with Crippen molar-refractivity contribution in [2.75, 3.05) is 31.1 Å². The van der Waals surface area contributed by atoms with Crippen LogP contribution in [-0.2, 0) is 11.0 Å². The van der Waals surface area contributed by atoms with E-state index in [2.05, 4.69) is 4.98 Å². The lowest BCUT2D eigenvalue weighted by molar-refractivity contribution is -0.137. The minimum Gasteiger partial charge on any atom is -0.355 e. The fourth-order valence-corrected chi connectivity index (χ4v) is 2.69. The van der Waals surface area contributed by atoms with E-state index in [1.165, 1.54) is 6.07 Å². The van der Waals surface area contributed by atoms with E-state index in [4.69, 9.17) is 5.73 Å². The van der Waals surface area contributed by atoms with Gasteiger partial charge in [-0.3, -0.25) is 15.0 Å². The van der Waals surface area contributed by atoms with E-state index in [-0.39, 0.29) is 0 Å². The number of amides is 3. The molecule has 1 atom stereocenters. The van der Waals surface area contributed by atoms with Crippen LogP contribution in [0.15, 0.2) is 18.3 Å². The number of rotatable bonds is 3. The first-order valence-corrected chi connectivity index (χ1v) is 7.81. The largest absolute Gasteiger partial charge is 0.417 e. The molecule has 1 aliphatic rings. The van der Waals surface area contributed by atoms with Crippen molar-refractivity contribution < 1.29 is 22.8 Å². The van der Waals surface area contributed by atoms with E-state index in [0.717, 1.165) is 12.3 Å². The summed E-state index contributed by atoms with van der Waals surface area (Å²) in [6, 6.07) is 0.922. The highest BCUT2D eigenvalue weighted by atomic mass is 19.4. The molecule has 138 valence electrons. The zero-order valence-electron chi connectivity index (χ0n) is 13.7. The number of nitrogens with zero attached hydrogens (tertiary/aromatic N) is 3. The molecule has 25 heavy (non-hydrogen) atoms. The van der Waals surface area contributed by atoms with Crippen molar-refractivity contribution in [2.45, 2.75) is 25.6 Å². The molecule has 0 bridgehead atoms. The zero-order valence-corrected chi connectivity index (χ0v) is 13.7. The molecular formula is C15H20F3N5O2. The zero-order chi connectivity index (χ0) is 18.6. The molecule has 3 amide bonds. The Morgan fingerprint density at radius 1 is 1.24 bits per heavy atom. The third kappa shape index (κ3) is 5.05. The van der Waals surface area contributed by atoms with Crippen LogP contribution in [0.5, 0.6) is 0 Å². The molecule has 2 rings (SSSR count). The molecule has 1 unspecified atom stereocenters. The van der Waals surface area contributed by atoms with Crippen molar-refractivity contribution >= 4 is 17.8 Å². The lowest BCUT2D eigenvalue weighted by Crippen LogP contribution is -2.49. The summed E-state index contributed by atoms with van der Waals surface area (Å²) in [5.74, 6) is -0.0160. The number of carbonyl (C=O) groups excluding carboxylic acids is 2. The molecule has 7 nitrogen and oxygen atoms in total. The standard InChI is InChI=1S/C15H20F3N5O2/c1-10(13(24)21-14(19)25)22-5-2-6-23(8-7-22)12-4-3-11(9-20-12)15(16,17)18/h3-4,9-10H,2,5-8H2,1H3,(H3,19,21,24,25). The van der Waals surface area contributed by atoms with Crippen molar-refractivity contribution in [1.29, 1.82) is 0 Å². The van der Waals surface area contributed by atoms with Gasteiger partial charge in [-0.25, -0.2) is 9.78 Å². The number of nitrogens with one attached hydrogen (secondary N) is 1. The first kappa shape index (κ1) is 19.0. The van der Waals surface area contributed by atoms with Gasteiger partial charge in [0, 0.05) is 32.4 Å². The van der Waals surface area contributed by atoms with Gasteiger partial charge in [-0.2, -0.15) is 13.2 Å². The van der Waals surface area contributed by atoms with Crippen LogP contribution in [0.3, 0.4) is 0 Å². The number of alkyl halides is 3. The Morgan fingerprint density at radius 2 is 1.96 bits per heavy atom. The minimum atomic E-state index is -4.41. The summed E-state index contributed by atoms with van der Waals surface area (Å²) >= 11 is 0. The van der Waals surface area contributed by atoms with Crippen LogP contribution in [-0.4, -0.2) is 54.0 Å². The molecule has 0 aromatic carbocycles. The molecule has 1 fully saturated rings. The van der Waals surface area contributed by atoms with Crippen LogP contribution < -0.4 is 16.0 Å². The smallest absolute Gasteiger partial charge is 0.355 e. The van der Waals surface area contributed by atoms with Crippen molar-refractivity contribution in [3.05, 3.63) is 23.9 Å². The number of nitrogens with two attached hydrogens (primary N) is 1. The normalized spacial score (nSPS) is 17.7. The maximum Gasteiger partial charge on any atom is 0.417 e.